The molecule has 0 aliphatic carbocycles. The SMILES string of the molecule is CCCS(=O)(=O)N(CCOC)CC(=O)N(Cc1cccc(Cl)c1)C1CCN(C(=O)/C=C/c2ccccc2)CC1. The van der Waals surface area contributed by atoms with E-state index in [1.54, 1.807) is 34.9 Å². The van der Waals surface area contributed by atoms with E-state index in [2.05, 4.69) is 0 Å². The summed E-state index contributed by atoms with van der Waals surface area (Å²) in [5.41, 5.74) is 1.81. The van der Waals surface area contributed by atoms with Gasteiger partial charge < -0.3 is 14.5 Å². The summed E-state index contributed by atoms with van der Waals surface area (Å²) in [4.78, 5) is 30.0. The van der Waals surface area contributed by atoms with Crippen molar-refractivity contribution in [3.8, 4) is 0 Å². The molecule has 2 aromatic rings. The van der Waals surface area contributed by atoms with Crippen molar-refractivity contribution in [3.63, 3.8) is 0 Å². The third kappa shape index (κ3) is 9.46. The normalized spacial score (nSPS) is 14.7. The van der Waals surface area contributed by atoms with Crippen LogP contribution in [0.3, 0.4) is 0 Å². The lowest BCUT2D eigenvalue weighted by Crippen LogP contribution is -2.51. The molecule has 1 heterocycles. The smallest absolute Gasteiger partial charge is 0.246 e. The highest BCUT2D eigenvalue weighted by Gasteiger charge is 2.32. The zero-order chi connectivity index (χ0) is 28.3. The molecule has 0 radical (unpaired) electrons. The molecule has 0 aromatic heterocycles. The molecule has 1 aliphatic rings. The van der Waals surface area contributed by atoms with Gasteiger partial charge in [-0.25, -0.2) is 8.42 Å². The van der Waals surface area contributed by atoms with Crippen LogP contribution in [-0.4, -0.2) is 86.0 Å². The number of rotatable bonds is 13. The van der Waals surface area contributed by atoms with Crippen LogP contribution in [0.15, 0.2) is 60.7 Å². The van der Waals surface area contributed by atoms with E-state index in [1.807, 2.05) is 48.5 Å². The van der Waals surface area contributed by atoms with Crippen molar-refractivity contribution in [1.29, 1.82) is 0 Å². The maximum Gasteiger partial charge on any atom is 0.246 e. The van der Waals surface area contributed by atoms with Crippen LogP contribution in [0.5, 0.6) is 0 Å². The second kappa shape index (κ2) is 15.2. The van der Waals surface area contributed by atoms with Gasteiger partial charge in [0, 0.05) is 50.4 Å². The maximum absolute atomic E-state index is 13.7. The fourth-order valence-corrected chi connectivity index (χ4v) is 6.27. The van der Waals surface area contributed by atoms with Gasteiger partial charge in [-0.2, -0.15) is 4.31 Å². The van der Waals surface area contributed by atoms with E-state index >= 15 is 0 Å². The quantitative estimate of drug-likeness (QED) is 0.336. The zero-order valence-corrected chi connectivity index (χ0v) is 24.2. The van der Waals surface area contributed by atoms with Gasteiger partial charge in [-0.15, -0.1) is 0 Å². The minimum atomic E-state index is -3.61. The number of hydrogen-bond acceptors (Lipinski definition) is 5. The summed E-state index contributed by atoms with van der Waals surface area (Å²) in [6.07, 6.45) is 5.02. The second-order valence-electron chi connectivity index (χ2n) is 9.59. The lowest BCUT2D eigenvalue weighted by Gasteiger charge is -2.39. The van der Waals surface area contributed by atoms with Crippen molar-refractivity contribution >= 4 is 39.5 Å². The van der Waals surface area contributed by atoms with Crippen molar-refractivity contribution in [2.24, 2.45) is 0 Å². The number of likely N-dealkylation sites (tertiary alicyclic amines) is 1. The highest BCUT2D eigenvalue weighted by molar-refractivity contribution is 7.89. The van der Waals surface area contributed by atoms with E-state index in [0.29, 0.717) is 43.9 Å². The zero-order valence-electron chi connectivity index (χ0n) is 22.7. The molecule has 0 unspecified atom stereocenters. The van der Waals surface area contributed by atoms with Crippen LogP contribution in [0, 0.1) is 0 Å². The monoisotopic (exact) mass is 575 g/mol. The van der Waals surface area contributed by atoms with Crippen molar-refractivity contribution in [2.75, 3.05) is 45.6 Å². The fourth-order valence-electron chi connectivity index (χ4n) is 4.63. The fraction of sp³-hybridized carbons (Fsp3) is 0.448. The summed E-state index contributed by atoms with van der Waals surface area (Å²) in [6.45, 7) is 3.15. The number of benzene rings is 2. The minimum absolute atomic E-state index is 0.0325. The Labute approximate surface area is 237 Å². The lowest BCUT2D eigenvalue weighted by atomic mass is 10.0. The number of halogens is 1. The number of hydrogen-bond donors (Lipinski definition) is 0. The van der Waals surface area contributed by atoms with Crippen LogP contribution in [0.4, 0.5) is 0 Å². The average Bonchev–Trinajstić information content (AvgIpc) is 2.93. The van der Waals surface area contributed by atoms with Crippen LogP contribution in [0.2, 0.25) is 5.02 Å². The Bertz CT molecular complexity index is 1210. The molecule has 2 amide bonds. The molecule has 1 saturated heterocycles. The Kier molecular flexibility index (Phi) is 12.0. The standard InChI is InChI=1S/C29H38ClN3O5S/c1-3-20-39(36,37)32(18-19-38-2)23-29(35)33(22-25-10-7-11-26(30)21-25)27-14-16-31(17-15-27)28(34)13-12-24-8-5-4-6-9-24/h4-13,21,27H,3,14-20,22-23H2,1-2H3/b13-12+. The molecular weight excluding hydrogens is 538 g/mol. The Hall–Kier alpha value is -2.72. The third-order valence-electron chi connectivity index (χ3n) is 6.71. The molecule has 1 fully saturated rings. The number of piperidine rings is 1. The van der Waals surface area contributed by atoms with Crippen molar-refractivity contribution in [3.05, 3.63) is 76.8 Å². The molecule has 39 heavy (non-hydrogen) atoms. The summed E-state index contributed by atoms with van der Waals surface area (Å²) in [7, 11) is -2.11. The Morgan fingerprint density at radius 1 is 1.10 bits per heavy atom. The summed E-state index contributed by atoms with van der Waals surface area (Å²) in [5.74, 6) is -0.379. The molecule has 0 spiro atoms. The van der Waals surface area contributed by atoms with E-state index in [9.17, 15) is 18.0 Å². The molecule has 0 atom stereocenters. The number of nitrogens with zero attached hydrogens (tertiary/aromatic N) is 3. The minimum Gasteiger partial charge on any atom is -0.383 e. The van der Waals surface area contributed by atoms with Gasteiger partial charge in [0.05, 0.1) is 18.9 Å². The van der Waals surface area contributed by atoms with Crippen molar-refractivity contribution in [2.45, 2.75) is 38.8 Å². The van der Waals surface area contributed by atoms with E-state index in [-0.39, 0.29) is 43.3 Å². The third-order valence-corrected chi connectivity index (χ3v) is 8.97. The Balaban J connectivity index is 1.74. The molecule has 2 aromatic carbocycles. The van der Waals surface area contributed by atoms with Crippen molar-refractivity contribution in [1.82, 2.24) is 14.1 Å². The van der Waals surface area contributed by atoms with E-state index in [4.69, 9.17) is 16.3 Å². The maximum atomic E-state index is 13.7. The summed E-state index contributed by atoms with van der Waals surface area (Å²) >= 11 is 6.20. The number of sulfonamides is 1. The highest BCUT2D eigenvalue weighted by Crippen LogP contribution is 2.22. The summed E-state index contributed by atoms with van der Waals surface area (Å²) < 4.78 is 32.1. The Morgan fingerprint density at radius 2 is 1.82 bits per heavy atom. The summed E-state index contributed by atoms with van der Waals surface area (Å²) in [6, 6.07) is 16.8. The number of carbonyl (C=O) groups is 2. The molecule has 8 nitrogen and oxygen atoms in total. The molecule has 0 bridgehead atoms. The van der Waals surface area contributed by atoms with Gasteiger partial charge in [-0.3, -0.25) is 9.59 Å². The predicted molar refractivity (Wildman–Crippen MR) is 155 cm³/mol. The van der Waals surface area contributed by atoms with Gasteiger partial charge in [0.1, 0.15) is 0 Å². The van der Waals surface area contributed by atoms with E-state index < -0.39 is 10.0 Å². The highest BCUT2D eigenvalue weighted by atomic mass is 35.5. The molecule has 0 saturated carbocycles. The number of amides is 2. The first-order chi connectivity index (χ1) is 18.7. The van der Waals surface area contributed by atoms with Gasteiger partial charge in [0.25, 0.3) is 0 Å². The first-order valence-corrected chi connectivity index (χ1v) is 15.2. The van der Waals surface area contributed by atoms with Gasteiger partial charge in [-0.1, -0.05) is 61.0 Å². The van der Waals surface area contributed by atoms with Crippen LogP contribution in [-0.2, 0) is 30.9 Å². The topological polar surface area (TPSA) is 87.2 Å². The second-order valence-corrected chi connectivity index (χ2v) is 12.1. The molecule has 212 valence electrons. The number of methoxy groups -OCH3 is 1. The first-order valence-electron chi connectivity index (χ1n) is 13.3. The van der Waals surface area contributed by atoms with Crippen LogP contribution >= 0.6 is 11.6 Å². The molecule has 3 rings (SSSR count). The van der Waals surface area contributed by atoms with E-state index in [0.717, 1.165) is 11.1 Å². The van der Waals surface area contributed by atoms with Gasteiger partial charge in [0.15, 0.2) is 0 Å². The first kappa shape index (κ1) is 30.8. The Morgan fingerprint density at radius 3 is 2.46 bits per heavy atom. The van der Waals surface area contributed by atoms with Gasteiger partial charge in [-0.05, 0) is 48.6 Å². The molecular formula is C29H38ClN3O5S. The lowest BCUT2D eigenvalue weighted by molar-refractivity contribution is -0.136. The number of carbonyl (C=O) groups excluding carboxylic acids is 2. The van der Waals surface area contributed by atoms with Gasteiger partial charge in [0.2, 0.25) is 21.8 Å². The largest absolute Gasteiger partial charge is 0.383 e. The van der Waals surface area contributed by atoms with E-state index in [1.165, 1.54) is 11.4 Å². The van der Waals surface area contributed by atoms with Gasteiger partial charge >= 0.3 is 0 Å². The summed E-state index contributed by atoms with van der Waals surface area (Å²) in [5, 5.41) is 0.567. The average molecular weight is 576 g/mol. The van der Waals surface area contributed by atoms with Crippen LogP contribution < -0.4 is 0 Å². The van der Waals surface area contributed by atoms with Crippen LogP contribution in [0.25, 0.3) is 6.08 Å². The predicted octanol–water partition coefficient (Wildman–Crippen LogP) is 4.06. The molecule has 0 N–H and O–H groups in total. The number of ether oxygens (including phenoxy) is 1. The molecule has 1 aliphatic heterocycles. The van der Waals surface area contributed by atoms with Crippen molar-refractivity contribution < 1.29 is 22.7 Å². The van der Waals surface area contributed by atoms with Crippen LogP contribution in [0.1, 0.15) is 37.3 Å². The molecule has 10 heteroatoms.